The fourth-order valence-corrected chi connectivity index (χ4v) is 2.25. The van der Waals surface area contributed by atoms with Crippen molar-refractivity contribution < 1.29 is 19.1 Å². The molecule has 1 aliphatic rings. The maximum atomic E-state index is 12.4. The Kier molecular flexibility index (Phi) is 6.06. The Morgan fingerprint density at radius 1 is 1.25 bits per heavy atom. The molecular weight excluding hydrogens is 310 g/mol. The van der Waals surface area contributed by atoms with Gasteiger partial charge in [-0.15, -0.1) is 0 Å². The first-order valence-corrected chi connectivity index (χ1v) is 7.83. The molecule has 0 atom stereocenters. The smallest absolute Gasteiger partial charge is 0.355 e. The van der Waals surface area contributed by atoms with Crippen LogP contribution < -0.4 is 5.43 Å². The van der Waals surface area contributed by atoms with Gasteiger partial charge in [-0.05, 0) is 19.4 Å². The summed E-state index contributed by atoms with van der Waals surface area (Å²) in [6, 6.07) is 9.59. The Balaban J connectivity index is 1.91. The van der Waals surface area contributed by atoms with Gasteiger partial charge < -0.3 is 9.64 Å². The molecule has 1 aromatic carbocycles. The lowest BCUT2D eigenvalue weighted by atomic mass is 10.2. The first-order valence-electron chi connectivity index (χ1n) is 7.83. The van der Waals surface area contributed by atoms with E-state index in [2.05, 4.69) is 10.5 Å². The van der Waals surface area contributed by atoms with Gasteiger partial charge in [-0.1, -0.05) is 30.3 Å². The molecule has 0 aliphatic carbocycles. The highest BCUT2D eigenvalue weighted by Gasteiger charge is 2.23. The predicted octanol–water partition coefficient (Wildman–Crippen LogP) is 1.23. The Morgan fingerprint density at radius 2 is 1.96 bits per heavy atom. The van der Waals surface area contributed by atoms with Crippen LogP contribution in [0, 0.1) is 0 Å². The molecule has 128 valence electrons. The lowest BCUT2D eigenvalue weighted by Gasteiger charge is -2.26. The van der Waals surface area contributed by atoms with Gasteiger partial charge in [0.25, 0.3) is 5.91 Å². The highest BCUT2D eigenvalue weighted by Crippen LogP contribution is 2.09. The molecule has 1 aliphatic heterocycles. The van der Waals surface area contributed by atoms with Crippen LogP contribution in [0.5, 0.6) is 0 Å². The standard InChI is InChI=1S/C17H21N3O4/c1-12(2)20(10-13-6-4-3-5-7-13)16(22)11-24-17(23)14-8-9-15(21)19-18-14/h3-7,12H,8-11H2,1-2H3,(H,19,21). The Hall–Kier alpha value is -2.70. The average Bonchev–Trinajstić information content (AvgIpc) is 2.58. The van der Waals surface area contributed by atoms with E-state index in [0.717, 1.165) is 5.56 Å². The van der Waals surface area contributed by atoms with Crippen molar-refractivity contribution in [3.63, 3.8) is 0 Å². The van der Waals surface area contributed by atoms with Crippen molar-refractivity contribution in [3.05, 3.63) is 35.9 Å². The molecule has 0 radical (unpaired) electrons. The first-order chi connectivity index (χ1) is 11.5. The lowest BCUT2D eigenvalue weighted by Crippen LogP contribution is -2.40. The fraction of sp³-hybridized carbons (Fsp3) is 0.412. The zero-order chi connectivity index (χ0) is 17.5. The normalized spacial score (nSPS) is 14.0. The molecule has 0 saturated carbocycles. The predicted molar refractivity (Wildman–Crippen MR) is 87.9 cm³/mol. The summed E-state index contributed by atoms with van der Waals surface area (Å²) < 4.78 is 5.04. The Morgan fingerprint density at radius 3 is 2.54 bits per heavy atom. The van der Waals surface area contributed by atoms with Crippen LogP contribution in [0.1, 0.15) is 32.3 Å². The van der Waals surface area contributed by atoms with Crippen molar-refractivity contribution >= 4 is 23.5 Å². The molecule has 7 nitrogen and oxygen atoms in total. The van der Waals surface area contributed by atoms with Gasteiger partial charge in [0, 0.05) is 25.4 Å². The molecule has 7 heteroatoms. The first kappa shape index (κ1) is 17.7. The van der Waals surface area contributed by atoms with E-state index in [1.807, 2.05) is 44.2 Å². The number of esters is 1. The second kappa shape index (κ2) is 8.24. The number of rotatable bonds is 6. The van der Waals surface area contributed by atoms with Crippen LogP contribution in [-0.4, -0.2) is 41.0 Å². The van der Waals surface area contributed by atoms with E-state index >= 15 is 0 Å². The fourth-order valence-electron chi connectivity index (χ4n) is 2.25. The quantitative estimate of drug-likeness (QED) is 0.794. The van der Waals surface area contributed by atoms with Gasteiger partial charge in [0.15, 0.2) is 6.61 Å². The zero-order valence-corrected chi connectivity index (χ0v) is 13.8. The summed E-state index contributed by atoms with van der Waals surface area (Å²) in [5.74, 6) is -1.19. The summed E-state index contributed by atoms with van der Waals surface area (Å²) in [6.07, 6.45) is 0.408. The van der Waals surface area contributed by atoms with Crippen molar-refractivity contribution in [3.8, 4) is 0 Å². The van der Waals surface area contributed by atoms with E-state index in [4.69, 9.17) is 4.74 Å². The lowest BCUT2D eigenvalue weighted by molar-refractivity contribution is -0.148. The number of carbonyl (C=O) groups excluding carboxylic acids is 3. The molecule has 0 fully saturated rings. The highest BCUT2D eigenvalue weighted by molar-refractivity contribution is 6.37. The third kappa shape index (κ3) is 4.91. The average molecular weight is 331 g/mol. The maximum absolute atomic E-state index is 12.4. The number of hydrazone groups is 1. The molecule has 2 rings (SSSR count). The molecule has 24 heavy (non-hydrogen) atoms. The number of ether oxygens (including phenoxy) is 1. The van der Waals surface area contributed by atoms with Gasteiger partial charge in [-0.3, -0.25) is 9.59 Å². The minimum Gasteiger partial charge on any atom is -0.451 e. The SMILES string of the molecule is CC(C)N(Cc1ccccc1)C(=O)COC(=O)C1=NNC(=O)CC1. The zero-order valence-electron chi connectivity index (χ0n) is 13.8. The molecule has 1 N–H and O–H groups in total. The van der Waals surface area contributed by atoms with Gasteiger partial charge >= 0.3 is 5.97 Å². The van der Waals surface area contributed by atoms with Crippen molar-refractivity contribution in [2.75, 3.05) is 6.61 Å². The molecule has 2 amide bonds. The number of hydrogen-bond donors (Lipinski definition) is 1. The van der Waals surface area contributed by atoms with E-state index in [9.17, 15) is 14.4 Å². The monoisotopic (exact) mass is 331 g/mol. The second-order valence-corrected chi connectivity index (χ2v) is 5.77. The summed E-state index contributed by atoms with van der Waals surface area (Å²) >= 11 is 0. The van der Waals surface area contributed by atoms with Crippen LogP contribution in [-0.2, 0) is 25.7 Å². The molecule has 1 heterocycles. The Bertz CT molecular complexity index is 640. The number of nitrogens with one attached hydrogen (secondary N) is 1. The van der Waals surface area contributed by atoms with Crippen LogP contribution in [0.3, 0.4) is 0 Å². The minimum atomic E-state index is -0.674. The third-order valence-corrected chi connectivity index (χ3v) is 3.61. The van der Waals surface area contributed by atoms with Crippen molar-refractivity contribution in [2.24, 2.45) is 5.10 Å². The third-order valence-electron chi connectivity index (χ3n) is 3.61. The van der Waals surface area contributed by atoms with Crippen molar-refractivity contribution in [1.82, 2.24) is 10.3 Å². The maximum Gasteiger partial charge on any atom is 0.355 e. The van der Waals surface area contributed by atoms with Crippen molar-refractivity contribution in [1.29, 1.82) is 0 Å². The van der Waals surface area contributed by atoms with E-state index in [1.165, 1.54) is 0 Å². The number of hydrogen-bond acceptors (Lipinski definition) is 5. The van der Waals surface area contributed by atoms with Crippen LogP contribution in [0.2, 0.25) is 0 Å². The van der Waals surface area contributed by atoms with Gasteiger partial charge in [-0.25, -0.2) is 10.2 Å². The molecule has 0 spiro atoms. The Labute approximate surface area is 140 Å². The molecule has 0 bridgehead atoms. The van der Waals surface area contributed by atoms with Crippen LogP contribution >= 0.6 is 0 Å². The van der Waals surface area contributed by atoms with Crippen LogP contribution in [0.4, 0.5) is 0 Å². The summed E-state index contributed by atoms with van der Waals surface area (Å²) in [5, 5.41) is 3.65. The van der Waals surface area contributed by atoms with E-state index in [0.29, 0.717) is 6.54 Å². The molecule has 0 saturated heterocycles. The van der Waals surface area contributed by atoms with E-state index < -0.39 is 5.97 Å². The van der Waals surface area contributed by atoms with Gasteiger partial charge in [0.2, 0.25) is 5.91 Å². The number of amides is 2. The highest BCUT2D eigenvalue weighted by atomic mass is 16.5. The molecular formula is C17H21N3O4. The number of benzene rings is 1. The van der Waals surface area contributed by atoms with Gasteiger partial charge in [0.1, 0.15) is 5.71 Å². The minimum absolute atomic E-state index is 0.0253. The van der Waals surface area contributed by atoms with E-state index in [-0.39, 0.29) is 43.0 Å². The van der Waals surface area contributed by atoms with Crippen LogP contribution in [0.25, 0.3) is 0 Å². The van der Waals surface area contributed by atoms with Gasteiger partial charge in [-0.2, -0.15) is 5.10 Å². The number of nitrogens with zero attached hydrogens (tertiary/aromatic N) is 2. The molecule has 0 aromatic heterocycles. The van der Waals surface area contributed by atoms with Gasteiger partial charge in [0.05, 0.1) is 0 Å². The topological polar surface area (TPSA) is 88.1 Å². The summed E-state index contributed by atoms with van der Waals surface area (Å²) in [7, 11) is 0. The largest absolute Gasteiger partial charge is 0.451 e. The summed E-state index contributed by atoms with van der Waals surface area (Å²) in [5.41, 5.74) is 3.36. The van der Waals surface area contributed by atoms with Crippen molar-refractivity contribution in [2.45, 2.75) is 39.3 Å². The molecule has 0 unspecified atom stereocenters. The van der Waals surface area contributed by atoms with E-state index in [1.54, 1.807) is 4.90 Å². The summed E-state index contributed by atoms with van der Waals surface area (Å²) in [4.78, 5) is 36.9. The molecule has 1 aromatic rings. The number of carbonyl (C=O) groups is 3. The van der Waals surface area contributed by atoms with Crippen LogP contribution in [0.15, 0.2) is 35.4 Å². The summed E-state index contributed by atoms with van der Waals surface area (Å²) in [6.45, 7) is 3.91. The second-order valence-electron chi connectivity index (χ2n) is 5.77.